The Kier molecular flexibility index (Phi) is 5.28. The van der Waals surface area contributed by atoms with Gasteiger partial charge in [0.2, 0.25) is 0 Å². The van der Waals surface area contributed by atoms with E-state index in [-0.39, 0.29) is 11.9 Å². The maximum atomic E-state index is 12.9. The topological polar surface area (TPSA) is 72.1 Å². The van der Waals surface area contributed by atoms with E-state index in [9.17, 15) is 4.79 Å². The number of carbonyl (C=O) groups is 1. The van der Waals surface area contributed by atoms with Crippen molar-refractivity contribution in [2.24, 2.45) is 11.7 Å². The van der Waals surface area contributed by atoms with E-state index >= 15 is 0 Å². The van der Waals surface area contributed by atoms with E-state index in [0.29, 0.717) is 24.4 Å². The Balaban J connectivity index is 2.24. The molecule has 1 heterocycles. The van der Waals surface area contributed by atoms with Gasteiger partial charge in [-0.15, -0.1) is 0 Å². The van der Waals surface area contributed by atoms with Crippen LogP contribution in [-0.2, 0) is 6.42 Å². The maximum absolute atomic E-state index is 12.9. The number of amides is 1. The minimum Gasteiger partial charge on any atom is -0.338 e. The molecule has 0 radical (unpaired) electrons. The lowest BCUT2D eigenvalue weighted by Gasteiger charge is -2.37. The van der Waals surface area contributed by atoms with Crippen molar-refractivity contribution in [2.75, 3.05) is 13.6 Å². The van der Waals surface area contributed by atoms with Crippen LogP contribution < -0.4 is 5.73 Å². The molecule has 21 heavy (non-hydrogen) atoms. The van der Waals surface area contributed by atoms with Gasteiger partial charge in [0, 0.05) is 13.1 Å². The molecular formula is C16H26N4O. The summed E-state index contributed by atoms with van der Waals surface area (Å²) in [5, 5.41) is 8.22. The van der Waals surface area contributed by atoms with E-state index in [4.69, 9.17) is 5.73 Å². The molecule has 1 aromatic rings. The van der Waals surface area contributed by atoms with Gasteiger partial charge in [-0.3, -0.25) is 4.79 Å². The van der Waals surface area contributed by atoms with Gasteiger partial charge in [-0.25, -0.2) is 0 Å². The molecule has 5 heteroatoms. The highest BCUT2D eigenvalue weighted by Gasteiger charge is 2.31. The smallest absolute Gasteiger partial charge is 0.255 e. The van der Waals surface area contributed by atoms with Crippen molar-refractivity contribution in [3.8, 4) is 0 Å². The van der Waals surface area contributed by atoms with Crippen molar-refractivity contribution in [1.82, 2.24) is 15.1 Å². The van der Waals surface area contributed by atoms with E-state index in [1.165, 1.54) is 12.8 Å². The van der Waals surface area contributed by atoms with Crippen LogP contribution >= 0.6 is 0 Å². The molecule has 2 atom stereocenters. The summed E-state index contributed by atoms with van der Waals surface area (Å²) in [5.74, 6) is 0.462. The second-order valence-corrected chi connectivity index (χ2v) is 5.96. The van der Waals surface area contributed by atoms with E-state index in [0.717, 1.165) is 24.2 Å². The molecule has 116 valence electrons. The first kappa shape index (κ1) is 15.9. The molecule has 1 aliphatic carbocycles. The zero-order valence-corrected chi connectivity index (χ0v) is 13.3. The van der Waals surface area contributed by atoms with Crippen molar-refractivity contribution in [2.45, 2.75) is 52.0 Å². The third kappa shape index (κ3) is 3.40. The number of aromatic nitrogens is 2. The maximum Gasteiger partial charge on any atom is 0.255 e. The summed E-state index contributed by atoms with van der Waals surface area (Å²) in [4.78, 5) is 14.7. The minimum absolute atomic E-state index is 0.0511. The fraction of sp³-hybridized carbons (Fsp3) is 0.688. The standard InChI is InChI=1S/C16H26N4O/c1-4-14-13(9-11(2)18-19-14)16(21)20(3)15-8-6-5-7-12(15)10-17/h9,12,15H,4-8,10,17H2,1-3H3. The second-order valence-electron chi connectivity index (χ2n) is 5.96. The Bertz CT molecular complexity index is 503. The summed E-state index contributed by atoms with van der Waals surface area (Å²) in [5.41, 5.74) is 8.13. The molecule has 2 rings (SSSR count). The Hall–Kier alpha value is -1.49. The number of rotatable bonds is 4. The largest absolute Gasteiger partial charge is 0.338 e. The van der Waals surface area contributed by atoms with Gasteiger partial charge in [-0.1, -0.05) is 19.8 Å². The molecule has 0 bridgehead atoms. The van der Waals surface area contributed by atoms with Gasteiger partial charge < -0.3 is 10.6 Å². The SMILES string of the molecule is CCc1nnc(C)cc1C(=O)N(C)C1CCCCC1CN. The zero-order chi connectivity index (χ0) is 15.4. The van der Waals surface area contributed by atoms with Crippen molar-refractivity contribution in [1.29, 1.82) is 0 Å². The van der Waals surface area contributed by atoms with Gasteiger partial charge >= 0.3 is 0 Å². The van der Waals surface area contributed by atoms with E-state index in [1.807, 2.05) is 31.9 Å². The quantitative estimate of drug-likeness (QED) is 0.919. The first-order chi connectivity index (χ1) is 10.1. The minimum atomic E-state index is 0.0511. The molecule has 1 aromatic heterocycles. The van der Waals surface area contributed by atoms with Crippen LogP contribution in [0.3, 0.4) is 0 Å². The predicted octanol–water partition coefficient (Wildman–Crippen LogP) is 1.94. The van der Waals surface area contributed by atoms with Gasteiger partial charge in [0.05, 0.1) is 17.0 Å². The van der Waals surface area contributed by atoms with Gasteiger partial charge in [0.25, 0.3) is 5.91 Å². The van der Waals surface area contributed by atoms with Crippen molar-refractivity contribution < 1.29 is 4.79 Å². The van der Waals surface area contributed by atoms with E-state index in [2.05, 4.69) is 10.2 Å². The summed E-state index contributed by atoms with van der Waals surface area (Å²) >= 11 is 0. The second kappa shape index (κ2) is 6.98. The summed E-state index contributed by atoms with van der Waals surface area (Å²) in [6, 6.07) is 2.10. The number of hydrogen-bond donors (Lipinski definition) is 1. The molecule has 1 saturated carbocycles. The molecule has 0 saturated heterocycles. The molecule has 0 aromatic carbocycles. The van der Waals surface area contributed by atoms with Crippen molar-refractivity contribution in [3.63, 3.8) is 0 Å². The van der Waals surface area contributed by atoms with Crippen LogP contribution in [0.25, 0.3) is 0 Å². The van der Waals surface area contributed by atoms with Crippen molar-refractivity contribution >= 4 is 5.91 Å². The van der Waals surface area contributed by atoms with Gasteiger partial charge in [0.15, 0.2) is 0 Å². The third-order valence-corrected chi connectivity index (χ3v) is 4.55. The number of nitrogens with zero attached hydrogens (tertiary/aromatic N) is 3. The van der Waals surface area contributed by atoms with E-state index < -0.39 is 0 Å². The summed E-state index contributed by atoms with van der Waals surface area (Å²) in [6.45, 7) is 4.52. The summed E-state index contributed by atoms with van der Waals surface area (Å²) < 4.78 is 0. The molecule has 2 N–H and O–H groups in total. The Morgan fingerprint density at radius 3 is 2.76 bits per heavy atom. The fourth-order valence-electron chi connectivity index (χ4n) is 3.27. The molecule has 1 amide bonds. The Morgan fingerprint density at radius 2 is 2.10 bits per heavy atom. The van der Waals surface area contributed by atoms with Gasteiger partial charge in [-0.2, -0.15) is 10.2 Å². The number of nitrogens with two attached hydrogens (primary N) is 1. The number of carbonyl (C=O) groups excluding carboxylic acids is 1. The Labute approximate surface area is 126 Å². The predicted molar refractivity (Wildman–Crippen MR) is 83.0 cm³/mol. The lowest BCUT2D eigenvalue weighted by molar-refractivity contribution is 0.0618. The Morgan fingerprint density at radius 1 is 1.38 bits per heavy atom. The highest BCUT2D eigenvalue weighted by Crippen LogP contribution is 2.28. The van der Waals surface area contributed by atoms with Gasteiger partial charge in [-0.05, 0) is 44.7 Å². The highest BCUT2D eigenvalue weighted by molar-refractivity contribution is 5.95. The van der Waals surface area contributed by atoms with Crippen LogP contribution in [0.4, 0.5) is 0 Å². The monoisotopic (exact) mass is 290 g/mol. The number of aryl methyl sites for hydroxylation is 2. The average molecular weight is 290 g/mol. The van der Waals surface area contributed by atoms with Crippen LogP contribution in [0.1, 0.15) is 54.4 Å². The number of hydrogen-bond acceptors (Lipinski definition) is 4. The van der Waals surface area contributed by atoms with Gasteiger partial charge in [0.1, 0.15) is 0 Å². The molecular weight excluding hydrogens is 264 g/mol. The zero-order valence-electron chi connectivity index (χ0n) is 13.3. The third-order valence-electron chi connectivity index (χ3n) is 4.55. The first-order valence-electron chi connectivity index (χ1n) is 7.88. The lowest BCUT2D eigenvalue weighted by atomic mass is 9.83. The van der Waals surface area contributed by atoms with Crippen LogP contribution in [0.2, 0.25) is 0 Å². The molecule has 1 fully saturated rings. The normalized spacial score (nSPS) is 22.1. The van der Waals surface area contributed by atoms with Crippen LogP contribution in [0.15, 0.2) is 6.07 Å². The molecule has 0 spiro atoms. The average Bonchev–Trinajstić information content (AvgIpc) is 2.53. The molecule has 5 nitrogen and oxygen atoms in total. The summed E-state index contributed by atoms with van der Waals surface area (Å²) in [7, 11) is 1.90. The van der Waals surface area contributed by atoms with E-state index in [1.54, 1.807) is 0 Å². The van der Waals surface area contributed by atoms with Crippen LogP contribution in [0, 0.1) is 12.8 Å². The fourth-order valence-corrected chi connectivity index (χ4v) is 3.27. The van der Waals surface area contributed by atoms with Crippen LogP contribution in [0.5, 0.6) is 0 Å². The highest BCUT2D eigenvalue weighted by atomic mass is 16.2. The molecule has 0 aliphatic heterocycles. The first-order valence-corrected chi connectivity index (χ1v) is 7.88. The van der Waals surface area contributed by atoms with Crippen LogP contribution in [-0.4, -0.2) is 40.6 Å². The van der Waals surface area contributed by atoms with Crippen molar-refractivity contribution in [3.05, 3.63) is 23.0 Å². The molecule has 2 unspecified atom stereocenters. The molecule has 1 aliphatic rings. The lowest BCUT2D eigenvalue weighted by Crippen LogP contribution is -2.46. The summed E-state index contributed by atoms with van der Waals surface area (Å²) in [6.07, 6.45) is 5.27.